The van der Waals surface area contributed by atoms with Crippen LogP contribution in [0.3, 0.4) is 0 Å². The summed E-state index contributed by atoms with van der Waals surface area (Å²) in [7, 11) is 0. The first kappa shape index (κ1) is 21.8. The lowest BCUT2D eigenvalue weighted by Crippen LogP contribution is -2.44. The van der Waals surface area contributed by atoms with Gasteiger partial charge in [0.25, 0.3) is 0 Å². The lowest BCUT2D eigenvalue weighted by Gasteiger charge is -2.32. The van der Waals surface area contributed by atoms with Gasteiger partial charge in [0.1, 0.15) is 17.1 Å². The van der Waals surface area contributed by atoms with Gasteiger partial charge in [-0.2, -0.15) is 13.2 Å². The van der Waals surface area contributed by atoms with E-state index in [4.69, 9.17) is 5.11 Å². The zero-order valence-electron chi connectivity index (χ0n) is 16.8. The maximum Gasteiger partial charge on any atom is 0.418 e. The molecule has 168 valence electrons. The van der Waals surface area contributed by atoms with Crippen LogP contribution in [0.4, 0.5) is 19.0 Å². The number of hydrogen-bond acceptors (Lipinski definition) is 7. The minimum atomic E-state index is -4.63. The molecule has 8 nitrogen and oxygen atoms in total. The predicted octanol–water partition coefficient (Wildman–Crippen LogP) is 3.38. The van der Waals surface area contributed by atoms with Crippen LogP contribution in [-0.4, -0.2) is 61.9 Å². The van der Waals surface area contributed by atoms with Crippen LogP contribution >= 0.6 is 0 Å². The Labute approximate surface area is 180 Å². The van der Waals surface area contributed by atoms with Crippen molar-refractivity contribution < 1.29 is 28.2 Å². The second-order valence-electron chi connectivity index (χ2n) is 7.64. The number of hydrogen-bond donors (Lipinski definition) is 3. The SMILES string of the molecule is O=C(O)CN1CCCC(Nc2nnc(-c3ncc(C(F)(F)F)cc3O)c3ccccc23)C1. The second-order valence-corrected chi connectivity index (χ2v) is 7.64. The van der Waals surface area contributed by atoms with Crippen molar-refractivity contribution in [2.24, 2.45) is 0 Å². The first-order valence-corrected chi connectivity index (χ1v) is 9.95. The zero-order chi connectivity index (χ0) is 22.9. The molecular formula is C21H20F3N5O3. The molecule has 1 atom stereocenters. The molecule has 3 heterocycles. The summed E-state index contributed by atoms with van der Waals surface area (Å²) in [6.45, 7) is 1.20. The van der Waals surface area contributed by atoms with Crippen LogP contribution in [-0.2, 0) is 11.0 Å². The van der Waals surface area contributed by atoms with Gasteiger partial charge in [0.2, 0.25) is 0 Å². The van der Waals surface area contributed by atoms with Gasteiger partial charge in [0.15, 0.2) is 5.82 Å². The Morgan fingerprint density at radius 3 is 2.62 bits per heavy atom. The van der Waals surface area contributed by atoms with E-state index < -0.39 is 23.5 Å². The van der Waals surface area contributed by atoms with E-state index in [1.165, 1.54) is 0 Å². The number of carboxylic acid groups (broad SMARTS) is 1. The molecule has 1 fully saturated rings. The Bertz CT molecular complexity index is 1160. The lowest BCUT2D eigenvalue weighted by molar-refractivity contribution is -0.139. The number of benzene rings is 1. The molecule has 1 unspecified atom stereocenters. The highest BCUT2D eigenvalue weighted by Gasteiger charge is 2.32. The molecule has 0 amide bonds. The summed E-state index contributed by atoms with van der Waals surface area (Å²) in [6, 6.07) is 7.62. The van der Waals surface area contributed by atoms with Crippen molar-refractivity contribution in [1.29, 1.82) is 0 Å². The highest BCUT2D eigenvalue weighted by Crippen LogP contribution is 2.37. The molecule has 0 saturated carbocycles. The monoisotopic (exact) mass is 447 g/mol. The Morgan fingerprint density at radius 2 is 1.94 bits per heavy atom. The molecule has 1 aliphatic rings. The summed E-state index contributed by atoms with van der Waals surface area (Å²) < 4.78 is 38.7. The molecule has 0 bridgehead atoms. The van der Waals surface area contributed by atoms with Gasteiger partial charge in [-0.1, -0.05) is 24.3 Å². The third kappa shape index (κ3) is 4.57. The quantitative estimate of drug-likeness (QED) is 0.546. The number of piperidine rings is 1. The number of pyridine rings is 1. The number of aromatic nitrogens is 3. The number of aliphatic carboxylic acids is 1. The second kappa shape index (κ2) is 8.58. The van der Waals surface area contributed by atoms with Crippen LogP contribution in [0.15, 0.2) is 36.5 Å². The molecule has 0 spiro atoms. The van der Waals surface area contributed by atoms with Crippen LogP contribution in [0.1, 0.15) is 18.4 Å². The van der Waals surface area contributed by atoms with E-state index in [1.54, 1.807) is 24.3 Å². The fraction of sp³-hybridized carbons (Fsp3) is 0.333. The van der Waals surface area contributed by atoms with E-state index in [2.05, 4.69) is 20.5 Å². The minimum Gasteiger partial charge on any atom is -0.506 e. The molecule has 32 heavy (non-hydrogen) atoms. The third-order valence-electron chi connectivity index (χ3n) is 5.31. The number of nitrogens with one attached hydrogen (secondary N) is 1. The molecule has 1 aromatic carbocycles. The summed E-state index contributed by atoms with van der Waals surface area (Å²) in [6.07, 6.45) is -2.32. The number of halogens is 3. The number of nitrogens with zero attached hydrogens (tertiary/aromatic N) is 4. The molecule has 0 radical (unpaired) electrons. The predicted molar refractivity (Wildman–Crippen MR) is 110 cm³/mol. The fourth-order valence-electron chi connectivity index (χ4n) is 3.88. The standard InChI is InChI=1S/C21H20F3N5O3/c22-21(23,24)12-8-16(30)19(25-9-12)18-14-5-1-2-6-15(14)20(28-27-18)26-13-4-3-7-29(10-13)11-17(31)32/h1-2,5-6,8-9,13,30H,3-4,7,10-11H2,(H,26,28)(H,31,32). The number of rotatable bonds is 5. The van der Waals surface area contributed by atoms with Crippen molar-refractivity contribution in [3.63, 3.8) is 0 Å². The number of fused-ring (bicyclic) bond motifs is 1. The minimum absolute atomic E-state index is 0.0377. The lowest BCUT2D eigenvalue weighted by atomic mass is 10.0. The van der Waals surface area contributed by atoms with Crippen molar-refractivity contribution in [3.05, 3.63) is 42.1 Å². The van der Waals surface area contributed by atoms with E-state index in [1.807, 2.05) is 4.90 Å². The molecule has 1 aliphatic heterocycles. The number of carbonyl (C=O) groups is 1. The normalized spacial score (nSPS) is 17.4. The van der Waals surface area contributed by atoms with Crippen molar-refractivity contribution in [1.82, 2.24) is 20.1 Å². The average Bonchev–Trinajstić information content (AvgIpc) is 2.73. The van der Waals surface area contributed by atoms with Gasteiger partial charge in [-0.05, 0) is 25.5 Å². The summed E-state index contributed by atoms with van der Waals surface area (Å²) in [5.74, 6) is -1.06. The van der Waals surface area contributed by atoms with E-state index >= 15 is 0 Å². The van der Waals surface area contributed by atoms with E-state index in [0.717, 1.165) is 12.8 Å². The fourth-order valence-corrected chi connectivity index (χ4v) is 3.88. The van der Waals surface area contributed by atoms with Crippen molar-refractivity contribution in [2.45, 2.75) is 25.1 Å². The van der Waals surface area contributed by atoms with Crippen LogP contribution in [0, 0.1) is 0 Å². The summed E-state index contributed by atoms with van der Waals surface area (Å²) >= 11 is 0. The third-order valence-corrected chi connectivity index (χ3v) is 5.31. The van der Waals surface area contributed by atoms with Gasteiger partial charge in [0.05, 0.1) is 12.1 Å². The van der Waals surface area contributed by atoms with Crippen molar-refractivity contribution >= 4 is 22.6 Å². The topological polar surface area (TPSA) is 111 Å². The van der Waals surface area contributed by atoms with Gasteiger partial charge in [-0.15, -0.1) is 10.2 Å². The number of alkyl halides is 3. The first-order valence-electron chi connectivity index (χ1n) is 9.95. The van der Waals surface area contributed by atoms with Gasteiger partial charge < -0.3 is 15.5 Å². The van der Waals surface area contributed by atoms with Crippen LogP contribution < -0.4 is 5.32 Å². The first-order chi connectivity index (χ1) is 15.2. The molecule has 0 aliphatic carbocycles. The molecule has 3 aromatic rings. The summed E-state index contributed by atoms with van der Waals surface area (Å²) in [5.41, 5.74) is -0.996. The van der Waals surface area contributed by atoms with Crippen LogP contribution in [0.25, 0.3) is 22.2 Å². The Kier molecular flexibility index (Phi) is 5.83. The molecule has 3 N–H and O–H groups in total. The van der Waals surface area contributed by atoms with Crippen LogP contribution in [0.2, 0.25) is 0 Å². The number of anilines is 1. The molecule has 1 saturated heterocycles. The zero-order valence-corrected chi connectivity index (χ0v) is 16.8. The van der Waals surface area contributed by atoms with Gasteiger partial charge in [-0.3, -0.25) is 9.69 Å². The number of carboxylic acids is 1. The number of aromatic hydroxyl groups is 1. The smallest absolute Gasteiger partial charge is 0.418 e. The van der Waals surface area contributed by atoms with Gasteiger partial charge >= 0.3 is 12.1 Å². The van der Waals surface area contributed by atoms with Gasteiger partial charge in [0, 0.05) is 29.6 Å². The van der Waals surface area contributed by atoms with Crippen molar-refractivity contribution in [2.75, 3.05) is 25.0 Å². The molecule has 4 rings (SSSR count). The highest BCUT2D eigenvalue weighted by atomic mass is 19.4. The highest BCUT2D eigenvalue weighted by molar-refractivity contribution is 6.00. The van der Waals surface area contributed by atoms with E-state index in [-0.39, 0.29) is 24.0 Å². The Hall–Kier alpha value is -3.47. The molecule has 2 aromatic heterocycles. The Morgan fingerprint density at radius 1 is 1.19 bits per heavy atom. The van der Waals surface area contributed by atoms with E-state index in [0.29, 0.717) is 41.9 Å². The van der Waals surface area contributed by atoms with Crippen LogP contribution in [0.5, 0.6) is 5.75 Å². The van der Waals surface area contributed by atoms with Crippen molar-refractivity contribution in [3.8, 4) is 17.1 Å². The van der Waals surface area contributed by atoms with E-state index in [9.17, 15) is 23.1 Å². The molecular weight excluding hydrogens is 427 g/mol. The average molecular weight is 447 g/mol. The molecule has 11 heteroatoms. The maximum atomic E-state index is 12.9. The number of likely N-dealkylation sites (tertiary alicyclic amines) is 1. The summed E-state index contributed by atoms with van der Waals surface area (Å²) in [5, 5.41) is 32.1. The summed E-state index contributed by atoms with van der Waals surface area (Å²) in [4.78, 5) is 16.6. The van der Waals surface area contributed by atoms with Gasteiger partial charge in [-0.25, -0.2) is 4.98 Å². The Balaban J connectivity index is 1.66. The maximum absolute atomic E-state index is 12.9. The largest absolute Gasteiger partial charge is 0.506 e.